The molecule has 3 fully saturated rings. The van der Waals surface area contributed by atoms with Crippen LogP contribution in [-0.4, -0.2) is 61.6 Å². The first-order valence-electron chi connectivity index (χ1n) is 9.73. The molecule has 3 aliphatic rings. The molecule has 0 aromatic heterocycles. The molecule has 4 nitrogen and oxygen atoms in total. The zero-order valence-corrected chi connectivity index (χ0v) is 14.9. The Hall–Kier alpha value is -0.610. The lowest BCUT2D eigenvalue weighted by atomic mass is 9.79. The van der Waals surface area contributed by atoms with Crippen molar-refractivity contribution in [3.8, 4) is 0 Å². The molecule has 132 valence electrons. The third-order valence-corrected chi connectivity index (χ3v) is 6.34. The normalized spacial score (nSPS) is 31.3. The molecular weight excluding hydrogens is 288 g/mol. The number of hydrogen-bond donors (Lipinski definition) is 0. The first-order chi connectivity index (χ1) is 11.2. The molecule has 23 heavy (non-hydrogen) atoms. The Morgan fingerprint density at radius 3 is 2.48 bits per heavy atom. The van der Waals surface area contributed by atoms with Gasteiger partial charge in [0.1, 0.15) is 6.61 Å². The van der Waals surface area contributed by atoms with E-state index in [0.717, 1.165) is 25.6 Å². The topological polar surface area (TPSA) is 32.8 Å². The molecule has 1 atom stereocenters. The van der Waals surface area contributed by atoms with E-state index in [0.29, 0.717) is 5.41 Å². The third kappa shape index (κ3) is 4.27. The fraction of sp³-hybridized carbons (Fsp3) is 0.947. The van der Waals surface area contributed by atoms with Crippen LogP contribution in [0.2, 0.25) is 0 Å². The highest BCUT2D eigenvalue weighted by Gasteiger charge is 2.43. The Morgan fingerprint density at radius 1 is 1.00 bits per heavy atom. The monoisotopic (exact) mass is 322 g/mol. The minimum absolute atomic E-state index is 0.177. The van der Waals surface area contributed by atoms with Gasteiger partial charge >= 0.3 is 0 Å². The molecule has 1 amide bonds. The summed E-state index contributed by atoms with van der Waals surface area (Å²) in [6.07, 6.45) is 13.6. The minimum atomic E-state index is 0.177. The number of likely N-dealkylation sites (tertiary alicyclic amines) is 2. The van der Waals surface area contributed by atoms with E-state index >= 15 is 0 Å². The molecule has 2 heterocycles. The highest BCUT2D eigenvalue weighted by molar-refractivity contribution is 5.77. The predicted octanol–water partition coefficient (Wildman–Crippen LogP) is 3.06. The molecule has 2 aliphatic heterocycles. The van der Waals surface area contributed by atoms with E-state index in [9.17, 15) is 4.79 Å². The van der Waals surface area contributed by atoms with Gasteiger partial charge in [0.2, 0.25) is 5.91 Å². The molecule has 0 unspecified atom stereocenters. The van der Waals surface area contributed by atoms with Gasteiger partial charge in [-0.3, -0.25) is 9.69 Å². The zero-order chi connectivity index (χ0) is 16.1. The summed E-state index contributed by atoms with van der Waals surface area (Å²) >= 11 is 0. The van der Waals surface area contributed by atoms with Crippen LogP contribution in [0.25, 0.3) is 0 Å². The third-order valence-electron chi connectivity index (χ3n) is 6.34. The van der Waals surface area contributed by atoms with Crippen molar-refractivity contribution in [3.05, 3.63) is 0 Å². The van der Waals surface area contributed by atoms with Crippen LogP contribution in [0.5, 0.6) is 0 Å². The van der Waals surface area contributed by atoms with E-state index in [2.05, 4.69) is 9.80 Å². The summed E-state index contributed by atoms with van der Waals surface area (Å²) in [6.45, 7) is 4.58. The average Bonchev–Trinajstić information content (AvgIpc) is 2.90. The van der Waals surface area contributed by atoms with Gasteiger partial charge in [-0.15, -0.1) is 0 Å². The molecule has 0 aromatic rings. The first kappa shape index (κ1) is 17.2. The van der Waals surface area contributed by atoms with Gasteiger partial charge < -0.3 is 9.64 Å². The molecule has 1 aliphatic carbocycles. The molecule has 0 aromatic carbocycles. The van der Waals surface area contributed by atoms with Gasteiger partial charge in [-0.1, -0.05) is 32.1 Å². The molecule has 3 rings (SSSR count). The average molecular weight is 322 g/mol. The Bertz CT molecular complexity index is 393. The van der Waals surface area contributed by atoms with Gasteiger partial charge in [-0.05, 0) is 38.6 Å². The lowest BCUT2D eigenvalue weighted by molar-refractivity contribution is -0.138. The van der Waals surface area contributed by atoms with Crippen molar-refractivity contribution >= 4 is 5.91 Å². The summed E-state index contributed by atoms with van der Waals surface area (Å²) in [5.41, 5.74) is 0.365. The summed E-state index contributed by atoms with van der Waals surface area (Å²) < 4.78 is 5.05. The number of rotatable bonds is 3. The molecule has 0 N–H and O–H groups in total. The van der Waals surface area contributed by atoms with Crippen LogP contribution in [0, 0.1) is 5.41 Å². The van der Waals surface area contributed by atoms with Gasteiger partial charge in [0.05, 0.1) is 0 Å². The smallest absolute Gasteiger partial charge is 0.248 e. The zero-order valence-electron chi connectivity index (χ0n) is 14.9. The number of amides is 1. The lowest BCUT2D eigenvalue weighted by Gasteiger charge is -2.41. The quantitative estimate of drug-likeness (QED) is 0.800. The van der Waals surface area contributed by atoms with Crippen molar-refractivity contribution in [1.29, 1.82) is 0 Å². The maximum absolute atomic E-state index is 12.2. The molecule has 4 heteroatoms. The second-order valence-electron chi connectivity index (χ2n) is 8.07. The van der Waals surface area contributed by atoms with Gasteiger partial charge in [0.25, 0.3) is 0 Å². The standard InChI is InChI=1S/C19H34N2O2/c1-23-14-18(22)21-12-7-10-19(16-21)11-13-20(15-19)17-8-5-3-2-4-6-9-17/h17H,2-16H2,1H3/t19-/m0/s1. The van der Waals surface area contributed by atoms with Gasteiger partial charge in [-0.25, -0.2) is 0 Å². The van der Waals surface area contributed by atoms with E-state index in [4.69, 9.17) is 4.74 Å². The molecule has 1 spiro atoms. The largest absolute Gasteiger partial charge is 0.375 e. The molecule has 2 saturated heterocycles. The maximum Gasteiger partial charge on any atom is 0.248 e. The Morgan fingerprint density at radius 2 is 1.74 bits per heavy atom. The lowest BCUT2D eigenvalue weighted by Crippen LogP contribution is -2.49. The number of ether oxygens (including phenoxy) is 1. The van der Waals surface area contributed by atoms with Gasteiger partial charge in [0, 0.05) is 38.2 Å². The van der Waals surface area contributed by atoms with Crippen molar-refractivity contribution < 1.29 is 9.53 Å². The first-order valence-corrected chi connectivity index (χ1v) is 9.73. The SMILES string of the molecule is COCC(=O)N1CCC[C@@]2(CCN(C3CCCCCCC3)C2)C1. The van der Waals surface area contributed by atoms with Crippen molar-refractivity contribution in [2.75, 3.05) is 39.9 Å². The highest BCUT2D eigenvalue weighted by atomic mass is 16.5. The summed E-state index contributed by atoms with van der Waals surface area (Å²) in [5.74, 6) is 0.177. The van der Waals surface area contributed by atoms with Crippen LogP contribution in [0.4, 0.5) is 0 Å². The van der Waals surface area contributed by atoms with Crippen LogP contribution in [0.3, 0.4) is 0 Å². The fourth-order valence-corrected chi connectivity index (χ4v) is 5.05. The number of carbonyl (C=O) groups excluding carboxylic acids is 1. The highest BCUT2D eigenvalue weighted by Crippen LogP contribution is 2.41. The summed E-state index contributed by atoms with van der Waals surface area (Å²) in [5, 5.41) is 0. The fourth-order valence-electron chi connectivity index (χ4n) is 5.05. The van der Waals surface area contributed by atoms with E-state index < -0.39 is 0 Å². The second-order valence-corrected chi connectivity index (χ2v) is 8.07. The van der Waals surface area contributed by atoms with Gasteiger partial charge in [0.15, 0.2) is 0 Å². The number of methoxy groups -OCH3 is 1. The van der Waals surface area contributed by atoms with Crippen LogP contribution in [0.15, 0.2) is 0 Å². The number of hydrogen-bond acceptors (Lipinski definition) is 3. The Kier molecular flexibility index (Phi) is 5.97. The minimum Gasteiger partial charge on any atom is -0.375 e. The van der Waals surface area contributed by atoms with E-state index in [1.165, 1.54) is 70.9 Å². The molecular formula is C19H34N2O2. The molecule has 1 saturated carbocycles. The summed E-state index contributed by atoms with van der Waals surface area (Å²) in [6, 6.07) is 0.805. The van der Waals surface area contributed by atoms with E-state index in [1.54, 1.807) is 7.11 Å². The van der Waals surface area contributed by atoms with Crippen LogP contribution < -0.4 is 0 Å². The second kappa shape index (κ2) is 7.98. The van der Waals surface area contributed by atoms with Crippen molar-refractivity contribution in [2.45, 2.75) is 70.3 Å². The number of carbonyl (C=O) groups is 1. The maximum atomic E-state index is 12.2. The van der Waals surface area contributed by atoms with Crippen molar-refractivity contribution in [2.24, 2.45) is 5.41 Å². The van der Waals surface area contributed by atoms with E-state index in [1.807, 2.05) is 0 Å². The van der Waals surface area contributed by atoms with Crippen LogP contribution in [0.1, 0.15) is 64.2 Å². The predicted molar refractivity (Wildman–Crippen MR) is 92.4 cm³/mol. The number of piperidine rings is 1. The van der Waals surface area contributed by atoms with Gasteiger partial charge in [-0.2, -0.15) is 0 Å². The molecule has 0 radical (unpaired) electrons. The van der Waals surface area contributed by atoms with Crippen molar-refractivity contribution in [3.63, 3.8) is 0 Å². The van der Waals surface area contributed by atoms with E-state index in [-0.39, 0.29) is 12.5 Å². The number of nitrogens with zero attached hydrogens (tertiary/aromatic N) is 2. The Labute approximate surface area is 141 Å². The molecule has 0 bridgehead atoms. The van der Waals surface area contributed by atoms with Crippen LogP contribution in [-0.2, 0) is 9.53 Å². The van der Waals surface area contributed by atoms with Crippen LogP contribution >= 0.6 is 0 Å². The summed E-state index contributed by atoms with van der Waals surface area (Å²) in [7, 11) is 1.61. The summed E-state index contributed by atoms with van der Waals surface area (Å²) in [4.78, 5) is 17.0. The van der Waals surface area contributed by atoms with Crippen molar-refractivity contribution in [1.82, 2.24) is 9.80 Å². The Balaban J connectivity index is 1.57.